The Hall–Kier alpha value is -1.32. The molecule has 4 nitrogen and oxygen atoms in total. The third-order valence-electron chi connectivity index (χ3n) is 3.80. The topological polar surface area (TPSA) is 46.6 Å². The molecule has 1 heterocycles. The number of carbonyl (C=O) groups is 2. The molecule has 0 radical (unpaired) electrons. The maximum absolute atomic E-state index is 12.4. The molecule has 1 unspecified atom stereocenters. The van der Waals surface area contributed by atoms with Crippen LogP contribution in [0.5, 0.6) is 0 Å². The van der Waals surface area contributed by atoms with Gasteiger partial charge in [-0.2, -0.15) is 0 Å². The van der Waals surface area contributed by atoms with Gasteiger partial charge in [0.2, 0.25) is 0 Å². The minimum Gasteiger partial charge on any atom is -0.444 e. The molecule has 1 spiro atoms. The zero-order valence-corrected chi connectivity index (χ0v) is 12.1. The van der Waals surface area contributed by atoms with E-state index in [1.54, 1.807) is 0 Å². The number of piperidine rings is 1. The van der Waals surface area contributed by atoms with Crippen LogP contribution < -0.4 is 0 Å². The minimum absolute atomic E-state index is 0.153. The van der Waals surface area contributed by atoms with E-state index < -0.39 is 5.60 Å². The molecule has 1 aliphatic carbocycles. The molecule has 106 valence electrons. The van der Waals surface area contributed by atoms with Gasteiger partial charge in [-0.15, -0.1) is 0 Å². The number of allylic oxidation sites excluding steroid dienone is 2. The average Bonchev–Trinajstić information content (AvgIpc) is 2.32. The van der Waals surface area contributed by atoms with Crippen LogP contribution in [0.4, 0.5) is 4.79 Å². The van der Waals surface area contributed by atoms with Gasteiger partial charge in [-0.25, -0.2) is 4.79 Å². The van der Waals surface area contributed by atoms with Crippen LogP contribution in [0.1, 0.15) is 46.5 Å². The zero-order valence-electron chi connectivity index (χ0n) is 12.1. The molecule has 2 rings (SSSR count). The van der Waals surface area contributed by atoms with Crippen LogP contribution in [-0.2, 0) is 9.53 Å². The third kappa shape index (κ3) is 3.17. The molecule has 19 heavy (non-hydrogen) atoms. The van der Waals surface area contributed by atoms with Crippen LogP contribution in [0.25, 0.3) is 0 Å². The van der Waals surface area contributed by atoms with Gasteiger partial charge in [0.25, 0.3) is 0 Å². The summed E-state index contributed by atoms with van der Waals surface area (Å²) in [6.07, 6.45) is 7.55. The molecule has 0 N–H and O–H groups in total. The summed E-state index contributed by atoms with van der Waals surface area (Å²) >= 11 is 0. The number of amides is 1. The summed E-state index contributed by atoms with van der Waals surface area (Å²) < 4.78 is 5.32. The fourth-order valence-electron chi connectivity index (χ4n) is 2.73. The second-order valence-corrected chi connectivity index (χ2v) is 6.53. The van der Waals surface area contributed by atoms with Crippen LogP contribution >= 0.6 is 0 Å². The van der Waals surface area contributed by atoms with E-state index >= 15 is 0 Å². The van der Waals surface area contributed by atoms with Gasteiger partial charge in [0, 0.05) is 6.54 Å². The van der Waals surface area contributed by atoms with Gasteiger partial charge in [-0.1, -0.05) is 12.2 Å². The van der Waals surface area contributed by atoms with Gasteiger partial charge in [-0.05, 0) is 46.5 Å². The van der Waals surface area contributed by atoms with Crippen molar-refractivity contribution >= 4 is 11.9 Å². The summed E-state index contributed by atoms with van der Waals surface area (Å²) in [5.74, 6) is 0.153. The summed E-state index contributed by atoms with van der Waals surface area (Å²) in [6.45, 7) is 6.29. The molecular formula is C15H23NO3. The zero-order chi connectivity index (χ0) is 14.1. The van der Waals surface area contributed by atoms with Crippen LogP contribution in [0, 0.1) is 5.41 Å². The standard InChI is InChI=1S/C15H23NO3/c1-14(2,3)19-13(18)16-10-9-15(12(17)11-16)7-5-4-6-8-15/h5,7H,4,6,8-11H2,1-3H3. The Balaban J connectivity index is 2.00. The molecule has 4 heteroatoms. The first-order valence-corrected chi connectivity index (χ1v) is 7.01. The Labute approximate surface area is 114 Å². The van der Waals surface area contributed by atoms with E-state index in [1.165, 1.54) is 4.90 Å². The number of hydrogen-bond acceptors (Lipinski definition) is 3. The minimum atomic E-state index is -0.514. The molecule has 0 aromatic heterocycles. The van der Waals surface area contributed by atoms with E-state index in [2.05, 4.69) is 12.2 Å². The second kappa shape index (κ2) is 4.99. The van der Waals surface area contributed by atoms with Crippen molar-refractivity contribution in [3.8, 4) is 0 Å². The lowest BCUT2D eigenvalue weighted by molar-refractivity contribution is -0.131. The molecule has 1 saturated heterocycles. The monoisotopic (exact) mass is 265 g/mol. The summed E-state index contributed by atoms with van der Waals surface area (Å²) in [4.78, 5) is 25.8. The number of hydrogen-bond donors (Lipinski definition) is 0. The summed E-state index contributed by atoms with van der Waals surface area (Å²) in [5.41, 5.74) is -0.823. The molecular weight excluding hydrogens is 242 g/mol. The highest BCUT2D eigenvalue weighted by Gasteiger charge is 2.42. The van der Waals surface area contributed by atoms with Gasteiger partial charge in [0.15, 0.2) is 5.78 Å². The molecule has 0 saturated carbocycles. The summed E-state index contributed by atoms with van der Waals surface area (Å²) in [6, 6.07) is 0. The Bertz CT molecular complexity index is 408. The average molecular weight is 265 g/mol. The van der Waals surface area contributed by atoms with E-state index in [0.29, 0.717) is 6.54 Å². The van der Waals surface area contributed by atoms with Crippen molar-refractivity contribution in [2.24, 2.45) is 5.41 Å². The summed E-state index contributed by atoms with van der Waals surface area (Å²) in [7, 11) is 0. The van der Waals surface area contributed by atoms with E-state index in [0.717, 1.165) is 25.7 Å². The Morgan fingerprint density at radius 3 is 2.63 bits per heavy atom. The van der Waals surface area contributed by atoms with E-state index in [-0.39, 0.29) is 23.8 Å². The van der Waals surface area contributed by atoms with Gasteiger partial charge in [0.05, 0.1) is 12.0 Å². The third-order valence-corrected chi connectivity index (χ3v) is 3.80. The number of carbonyl (C=O) groups excluding carboxylic acids is 2. The quantitative estimate of drug-likeness (QED) is 0.633. The van der Waals surface area contributed by atoms with Crippen LogP contribution in [0.2, 0.25) is 0 Å². The SMILES string of the molecule is CC(C)(C)OC(=O)N1CCC2(C=CCCC2)C(=O)C1. The first kappa shape index (κ1) is 14.1. The maximum Gasteiger partial charge on any atom is 0.410 e. The van der Waals surface area contributed by atoms with E-state index in [9.17, 15) is 9.59 Å². The molecule has 0 aromatic carbocycles. The fraction of sp³-hybridized carbons (Fsp3) is 0.733. The second-order valence-electron chi connectivity index (χ2n) is 6.53. The smallest absolute Gasteiger partial charge is 0.410 e. The predicted octanol–water partition coefficient (Wildman–Crippen LogP) is 2.92. The van der Waals surface area contributed by atoms with Crippen LogP contribution in [0.15, 0.2) is 12.2 Å². The van der Waals surface area contributed by atoms with E-state index in [4.69, 9.17) is 4.74 Å². The normalized spacial score (nSPS) is 27.7. The predicted molar refractivity (Wildman–Crippen MR) is 72.9 cm³/mol. The Kier molecular flexibility index (Phi) is 3.70. The lowest BCUT2D eigenvalue weighted by atomic mass is 9.71. The van der Waals surface area contributed by atoms with Crippen molar-refractivity contribution in [2.75, 3.05) is 13.1 Å². The first-order valence-electron chi connectivity index (χ1n) is 7.01. The number of likely N-dealkylation sites (tertiary alicyclic amines) is 1. The Morgan fingerprint density at radius 2 is 2.11 bits per heavy atom. The molecule has 1 amide bonds. The largest absolute Gasteiger partial charge is 0.444 e. The molecule has 0 bridgehead atoms. The van der Waals surface area contributed by atoms with Crippen molar-refractivity contribution in [1.82, 2.24) is 4.90 Å². The van der Waals surface area contributed by atoms with Crippen molar-refractivity contribution in [3.63, 3.8) is 0 Å². The number of rotatable bonds is 0. The molecule has 0 aromatic rings. The Morgan fingerprint density at radius 1 is 1.37 bits per heavy atom. The lowest BCUT2D eigenvalue weighted by Crippen LogP contribution is -2.50. The van der Waals surface area contributed by atoms with Gasteiger partial charge in [0.1, 0.15) is 5.60 Å². The van der Waals surface area contributed by atoms with Crippen molar-refractivity contribution in [2.45, 2.75) is 52.1 Å². The molecule has 1 fully saturated rings. The highest BCUT2D eigenvalue weighted by atomic mass is 16.6. The van der Waals surface area contributed by atoms with Gasteiger partial charge < -0.3 is 9.64 Å². The lowest BCUT2D eigenvalue weighted by Gasteiger charge is -2.40. The molecule has 1 atom stereocenters. The van der Waals surface area contributed by atoms with Gasteiger partial charge >= 0.3 is 6.09 Å². The maximum atomic E-state index is 12.4. The number of Topliss-reactive ketones (excluding diaryl/α,β-unsaturated/α-hetero) is 1. The first-order chi connectivity index (χ1) is 8.82. The number of ether oxygens (including phenoxy) is 1. The van der Waals surface area contributed by atoms with Crippen LogP contribution in [-0.4, -0.2) is 35.5 Å². The number of ketones is 1. The summed E-state index contributed by atoms with van der Waals surface area (Å²) in [5, 5.41) is 0. The van der Waals surface area contributed by atoms with Crippen LogP contribution in [0.3, 0.4) is 0 Å². The molecule has 1 aliphatic heterocycles. The van der Waals surface area contributed by atoms with E-state index in [1.807, 2.05) is 20.8 Å². The molecule has 2 aliphatic rings. The highest BCUT2D eigenvalue weighted by molar-refractivity contribution is 5.91. The van der Waals surface area contributed by atoms with Gasteiger partial charge in [-0.3, -0.25) is 4.79 Å². The highest BCUT2D eigenvalue weighted by Crippen LogP contribution is 2.38. The van der Waals surface area contributed by atoms with Crippen molar-refractivity contribution in [1.29, 1.82) is 0 Å². The fourth-order valence-corrected chi connectivity index (χ4v) is 2.73. The van der Waals surface area contributed by atoms with Crippen molar-refractivity contribution in [3.05, 3.63) is 12.2 Å². The van der Waals surface area contributed by atoms with Crippen molar-refractivity contribution < 1.29 is 14.3 Å². The number of nitrogens with zero attached hydrogens (tertiary/aromatic N) is 1.